The summed E-state index contributed by atoms with van der Waals surface area (Å²) in [5.41, 5.74) is 1.03. The largest absolute Gasteiger partial charge is 0.293 e. The lowest BCUT2D eigenvalue weighted by molar-refractivity contribution is 0.312. The summed E-state index contributed by atoms with van der Waals surface area (Å²) in [5, 5.41) is 0. The highest BCUT2D eigenvalue weighted by molar-refractivity contribution is 9.09. The second-order valence-electron chi connectivity index (χ2n) is 2.94. The number of halogens is 1. The maximum absolute atomic E-state index is 3.50. The Morgan fingerprint density at radius 1 is 1.00 bits per heavy atom. The lowest BCUT2D eigenvalue weighted by Crippen LogP contribution is -2.24. The van der Waals surface area contributed by atoms with Gasteiger partial charge >= 0.3 is 0 Å². The van der Waals surface area contributed by atoms with E-state index in [2.05, 4.69) is 34.7 Å². The minimum atomic E-state index is 1.03. The molecule has 68 valence electrons. The Morgan fingerprint density at radius 3 is 1.73 bits per heavy atom. The summed E-state index contributed by atoms with van der Waals surface area (Å²) in [6, 6.07) is 0. The first-order chi connectivity index (χ1) is 5.35. The number of nitrogens with zero attached hydrogens (tertiary/aromatic N) is 1. The van der Waals surface area contributed by atoms with E-state index in [1.807, 2.05) is 0 Å². The molecular weight excluding hydrogens is 202 g/mol. The topological polar surface area (TPSA) is 3.24 Å². The van der Waals surface area contributed by atoms with Crippen molar-refractivity contribution in [3.8, 4) is 0 Å². The summed E-state index contributed by atoms with van der Waals surface area (Å²) in [7, 11) is 0. The van der Waals surface area contributed by atoms with E-state index in [9.17, 15) is 0 Å². The SMILES string of the molecule is CCCCN(CBr)CCCC. The average molecular weight is 222 g/mol. The first-order valence-corrected chi connectivity index (χ1v) is 5.75. The summed E-state index contributed by atoms with van der Waals surface area (Å²) in [6.45, 7) is 6.99. The first kappa shape index (κ1) is 11.4. The van der Waals surface area contributed by atoms with Crippen LogP contribution in [0.2, 0.25) is 0 Å². The highest BCUT2D eigenvalue weighted by Crippen LogP contribution is 2.00. The average Bonchev–Trinajstić information content (AvgIpc) is 2.05. The molecule has 0 saturated carbocycles. The smallest absolute Gasteiger partial charge is 0.0542 e. The summed E-state index contributed by atoms with van der Waals surface area (Å²) in [6.07, 6.45) is 5.26. The van der Waals surface area contributed by atoms with Crippen LogP contribution in [0, 0.1) is 0 Å². The van der Waals surface area contributed by atoms with Gasteiger partial charge in [0.2, 0.25) is 0 Å². The zero-order chi connectivity index (χ0) is 8.53. The normalized spacial score (nSPS) is 10.9. The maximum atomic E-state index is 3.50. The number of unbranched alkanes of at least 4 members (excludes halogenated alkanes) is 2. The van der Waals surface area contributed by atoms with Crippen molar-refractivity contribution >= 4 is 15.9 Å². The lowest BCUT2D eigenvalue weighted by atomic mass is 10.3. The van der Waals surface area contributed by atoms with Crippen molar-refractivity contribution < 1.29 is 0 Å². The van der Waals surface area contributed by atoms with Crippen LogP contribution < -0.4 is 0 Å². The molecule has 0 aliphatic carbocycles. The van der Waals surface area contributed by atoms with Gasteiger partial charge in [0.05, 0.1) is 5.45 Å². The molecule has 0 aliphatic rings. The van der Waals surface area contributed by atoms with Gasteiger partial charge in [-0.1, -0.05) is 42.6 Å². The number of rotatable bonds is 7. The van der Waals surface area contributed by atoms with Gasteiger partial charge in [-0.2, -0.15) is 0 Å². The molecule has 0 fully saturated rings. The van der Waals surface area contributed by atoms with E-state index in [0.29, 0.717) is 0 Å². The quantitative estimate of drug-likeness (QED) is 0.472. The predicted octanol–water partition coefficient (Wildman–Crippen LogP) is 3.24. The molecule has 11 heavy (non-hydrogen) atoms. The van der Waals surface area contributed by atoms with Gasteiger partial charge in [0.15, 0.2) is 0 Å². The van der Waals surface area contributed by atoms with Crippen molar-refractivity contribution in [3.63, 3.8) is 0 Å². The molecule has 0 aromatic carbocycles. The molecule has 2 heteroatoms. The van der Waals surface area contributed by atoms with Crippen LogP contribution >= 0.6 is 15.9 Å². The Balaban J connectivity index is 3.25. The van der Waals surface area contributed by atoms with Crippen LogP contribution in [0.25, 0.3) is 0 Å². The Bertz CT molecular complexity index is 68.0. The van der Waals surface area contributed by atoms with Crippen LogP contribution in [0.4, 0.5) is 0 Å². The zero-order valence-electron chi connectivity index (χ0n) is 7.77. The maximum Gasteiger partial charge on any atom is 0.0542 e. The Labute approximate surface area is 79.3 Å². The molecule has 0 atom stereocenters. The van der Waals surface area contributed by atoms with Gasteiger partial charge in [0.1, 0.15) is 0 Å². The number of alkyl halides is 1. The van der Waals surface area contributed by atoms with E-state index in [0.717, 1.165) is 5.45 Å². The number of hydrogen-bond acceptors (Lipinski definition) is 1. The molecular formula is C9H20BrN. The molecule has 0 spiro atoms. The fourth-order valence-corrected chi connectivity index (χ4v) is 1.50. The standard InChI is InChI=1S/C9H20BrN/c1-3-5-7-11(9-10)8-6-4-2/h3-9H2,1-2H3. The van der Waals surface area contributed by atoms with E-state index < -0.39 is 0 Å². The van der Waals surface area contributed by atoms with E-state index in [4.69, 9.17) is 0 Å². The molecule has 0 saturated heterocycles. The van der Waals surface area contributed by atoms with Gasteiger partial charge in [-0.15, -0.1) is 0 Å². The third-order valence-corrected chi connectivity index (χ3v) is 2.53. The predicted molar refractivity (Wildman–Crippen MR) is 55.2 cm³/mol. The van der Waals surface area contributed by atoms with Gasteiger partial charge in [0, 0.05) is 0 Å². The molecule has 0 bridgehead atoms. The Kier molecular flexibility index (Phi) is 8.88. The fourth-order valence-electron chi connectivity index (χ4n) is 0.995. The van der Waals surface area contributed by atoms with Crippen LogP contribution in [-0.4, -0.2) is 23.4 Å². The number of hydrogen-bond donors (Lipinski definition) is 0. The molecule has 0 radical (unpaired) electrons. The first-order valence-electron chi connectivity index (χ1n) is 4.63. The zero-order valence-corrected chi connectivity index (χ0v) is 9.36. The minimum Gasteiger partial charge on any atom is -0.293 e. The van der Waals surface area contributed by atoms with Crippen LogP contribution in [-0.2, 0) is 0 Å². The van der Waals surface area contributed by atoms with Crippen molar-refractivity contribution in [1.82, 2.24) is 4.90 Å². The van der Waals surface area contributed by atoms with E-state index in [1.165, 1.54) is 38.8 Å². The van der Waals surface area contributed by atoms with Gasteiger partial charge in [-0.25, -0.2) is 0 Å². The van der Waals surface area contributed by atoms with E-state index >= 15 is 0 Å². The van der Waals surface area contributed by atoms with Crippen molar-refractivity contribution in [2.24, 2.45) is 0 Å². The molecule has 0 aliphatic heterocycles. The molecule has 1 nitrogen and oxygen atoms in total. The van der Waals surface area contributed by atoms with Crippen LogP contribution in [0.1, 0.15) is 39.5 Å². The third-order valence-electron chi connectivity index (χ3n) is 1.82. The lowest BCUT2D eigenvalue weighted by Gasteiger charge is -2.18. The molecule has 0 amide bonds. The second kappa shape index (κ2) is 8.54. The molecule has 0 rings (SSSR count). The highest BCUT2D eigenvalue weighted by Gasteiger charge is 1.99. The summed E-state index contributed by atoms with van der Waals surface area (Å²) in [5.74, 6) is 0. The van der Waals surface area contributed by atoms with Gasteiger partial charge in [-0.3, -0.25) is 4.90 Å². The fraction of sp³-hybridized carbons (Fsp3) is 1.00. The van der Waals surface area contributed by atoms with E-state index in [1.54, 1.807) is 0 Å². The molecule has 0 aromatic rings. The molecule has 0 N–H and O–H groups in total. The van der Waals surface area contributed by atoms with E-state index in [-0.39, 0.29) is 0 Å². The van der Waals surface area contributed by atoms with Crippen LogP contribution in [0.15, 0.2) is 0 Å². The molecule has 0 heterocycles. The minimum absolute atomic E-state index is 1.03. The van der Waals surface area contributed by atoms with Gasteiger partial charge in [-0.05, 0) is 25.9 Å². The Morgan fingerprint density at radius 2 is 1.45 bits per heavy atom. The van der Waals surface area contributed by atoms with Gasteiger partial charge in [0.25, 0.3) is 0 Å². The molecule has 0 unspecified atom stereocenters. The second-order valence-corrected chi connectivity index (χ2v) is 3.45. The summed E-state index contributed by atoms with van der Waals surface area (Å²) >= 11 is 3.50. The highest BCUT2D eigenvalue weighted by atomic mass is 79.9. The summed E-state index contributed by atoms with van der Waals surface area (Å²) in [4.78, 5) is 2.47. The van der Waals surface area contributed by atoms with Crippen molar-refractivity contribution in [2.75, 3.05) is 18.5 Å². The van der Waals surface area contributed by atoms with Crippen molar-refractivity contribution in [1.29, 1.82) is 0 Å². The van der Waals surface area contributed by atoms with Crippen LogP contribution in [0.5, 0.6) is 0 Å². The third kappa shape index (κ3) is 6.82. The van der Waals surface area contributed by atoms with Gasteiger partial charge < -0.3 is 0 Å². The summed E-state index contributed by atoms with van der Waals surface area (Å²) < 4.78 is 0. The Hall–Kier alpha value is 0.440. The molecule has 0 aromatic heterocycles. The monoisotopic (exact) mass is 221 g/mol. The van der Waals surface area contributed by atoms with Crippen molar-refractivity contribution in [3.05, 3.63) is 0 Å². The van der Waals surface area contributed by atoms with Crippen LogP contribution in [0.3, 0.4) is 0 Å². The van der Waals surface area contributed by atoms with Crippen molar-refractivity contribution in [2.45, 2.75) is 39.5 Å².